The topological polar surface area (TPSA) is 55.7 Å². The van der Waals surface area contributed by atoms with Gasteiger partial charge in [0.25, 0.3) is 0 Å². The summed E-state index contributed by atoms with van der Waals surface area (Å²) in [6.07, 6.45) is 1.72. The molecule has 5 nitrogen and oxygen atoms in total. The van der Waals surface area contributed by atoms with Crippen molar-refractivity contribution in [2.24, 2.45) is 5.10 Å². The van der Waals surface area contributed by atoms with Crippen molar-refractivity contribution in [2.75, 3.05) is 12.2 Å². The van der Waals surface area contributed by atoms with E-state index in [1.54, 1.807) is 6.21 Å². The molecule has 2 heterocycles. The fourth-order valence-corrected chi connectivity index (χ4v) is 2.29. The van der Waals surface area contributed by atoms with Gasteiger partial charge in [-0.25, -0.2) is 4.98 Å². The van der Waals surface area contributed by atoms with Gasteiger partial charge in [0.1, 0.15) is 5.82 Å². The third kappa shape index (κ3) is 2.44. The number of aromatic nitrogens is 1. The van der Waals surface area contributed by atoms with Crippen LogP contribution in [0.15, 0.2) is 59.7 Å². The van der Waals surface area contributed by atoms with Gasteiger partial charge < -0.3 is 9.47 Å². The van der Waals surface area contributed by atoms with Crippen molar-refractivity contribution < 1.29 is 9.47 Å². The Kier molecular flexibility index (Phi) is 3.08. The highest BCUT2D eigenvalue weighted by atomic mass is 16.7. The van der Waals surface area contributed by atoms with Crippen molar-refractivity contribution in [1.82, 2.24) is 4.98 Å². The zero-order valence-corrected chi connectivity index (χ0v) is 11.7. The second-order valence-corrected chi connectivity index (χ2v) is 4.87. The van der Waals surface area contributed by atoms with Crippen LogP contribution in [0.3, 0.4) is 0 Å². The van der Waals surface area contributed by atoms with Gasteiger partial charge in [0.2, 0.25) is 6.79 Å². The van der Waals surface area contributed by atoms with Crippen LogP contribution in [0.5, 0.6) is 11.5 Å². The van der Waals surface area contributed by atoms with Gasteiger partial charge >= 0.3 is 0 Å². The molecule has 0 saturated carbocycles. The second kappa shape index (κ2) is 5.37. The van der Waals surface area contributed by atoms with Crippen molar-refractivity contribution >= 4 is 22.9 Å². The van der Waals surface area contributed by atoms with Gasteiger partial charge in [-0.15, -0.1) is 0 Å². The summed E-state index contributed by atoms with van der Waals surface area (Å²) in [6.45, 7) is 0.273. The normalized spacial score (nSPS) is 12.9. The van der Waals surface area contributed by atoms with E-state index in [9.17, 15) is 0 Å². The summed E-state index contributed by atoms with van der Waals surface area (Å²) >= 11 is 0. The van der Waals surface area contributed by atoms with Crippen molar-refractivity contribution in [3.05, 3.63) is 60.2 Å². The van der Waals surface area contributed by atoms with Crippen LogP contribution >= 0.6 is 0 Å². The summed E-state index contributed by atoms with van der Waals surface area (Å²) in [4.78, 5) is 4.49. The smallest absolute Gasteiger partial charge is 0.231 e. The van der Waals surface area contributed by atoms with E-state index >= 15 is 0 Å². The monoisotopic (exact) mass is 291 g/mol. The molecule has 4 rings (SSSR count). The molecule has 1 N–H and O–H groups in total. The van der Waals surface area contributed by atoms with Crippen LogP contribution in [0.25, 0.3) is 10.9 Å². The molecule has 1 aromatic heterocycles. The lowest BCUT2D eigenvalue weighted by atomic mass is 10.2. The van der Waals surface area contributed by atoms with E-state index in [0.717, 1.165) is 28.0 Å². The van der Waals surface area contributed by atoms with Gasteiger partial charge in [0.05, 0.1) is 11.7 Å². The molecule has 0 atom stereocenters. The number of benzene rings is 2. The molecule has 0 fully saturated rings. The first kappa shape index (κ1) is 12.6. The molecule has 108 valence electrons. The maximum atomic E-state index is 5.34. The van der Waals surface area contributed by atoms with E-state index in [2.05, 4.69) is 15.5 Å². The molecule has 0 radical (unpaired) electrons. The summed E-state index contributed by atoms with van der Waals surface area (Å²) in [6, 6.07) is 17.6. The quantitative estimate of drug-likeness (QED) is 0.593. The fraction of sp³-hybridized carbons (Fsp3) is 0.0588. The highest BCUT2D eigenvalue weighted by Gasteiger charge is 2.12. The van der Waals surface area contributed by atoms with Gasteiger partial charge in [-0.2, -0.15) is 5.10 Å². The Balaban J connectivity index is 1.51. The predicted octanol–water partition coefficient (Wildman–Crippen LogP) is 3.41. The van der Waals surface area contributed by atoms with Gasteiger partial charge in [-0.1, -0.05) is 18.2 Å². The van der Waals surface area contributed by atoms with E-state index in [0.29, 0.717) is 5.82 Å². The standard InChI is InChI=1S/C17H13N3O2/c1-2-4-14-13(3-1)6-8-17(19-14)20-18-10-12-5-7-15-16(9-12)22-11-21-15/h1-10H,11H2,(H,19,20). The summed E-state index contributed by atoms with van der Waals surface area (Å²) in [5, 5.41) is 5.31. The second-order valence-electron chi connectivity index (χ2n) is 4.87. The van der Waals surface area contributed by atoms with E-state index in [1.165, 1.54) is 0 Å². The summed E-state index contributed by atoms with van der Waals surface area (Å²) in [5.41, 5.74) is 4.80. The van der Waals surface area contributed by atoms with Crippen molar-refractivity contribution in [3.8, 4) is 11.5 Å². The molecular weight excluding hydrogens is 278 g/mol. The number of pyridine rings is 1. The van der Waals surface area contributed by atoms with Crippen LogP contribution in [-0.4, -0.2) is 18.0 Å². The lowest BCUT2D eigenvalue weighted by Gasteiger charge is -2.02. The predicted molar refractivity (Wildman–Crippen MR) is 85.5 cm³/mol. The molecule has 0 saturated heterocycles. The molecule has 0 aliphatic carbocycles. The first-order valence-electron chi connectivity index (χ1n) is 6.93. The maximum Gasteiger partial charge on any atom is 0.231 e. The third-order valence-corrected chi connectivity index (χ3v) is 3.39. The average molecular weight is 291 g/mol. The minimum absolute atomic E-state index is 0.273. The molecule has 22 heavy (non-hydrogen) atoms. The van der Waals surface area contributed by atoms with Gasteiger partial charge in [0.15, 0.2) is 11.5 Å². The number of hydrazone groups is 1. The third-order valence-electron chi connectivity index (χ3n) is 3.39. The Bertz CT molecular complexity index is 861. The zero-order chi connectivity index (χ0) is 14.8. The SMILES string of the molecule is C(=NNc1ccc2ccccc2n1)c1ccc2c(c1)OCO2. The van der Waals surface area contributed by atoms with Gasteiger partial charge in [-0.3, -0.25) is 5.43 Å². The number of nitrogens with zero attached hydrogens (tertiary/aromatic N) is 2. The lowest BCUT2D eigenvalue weighted by molar-refractivity contribution is 0.174. The van der Waals surface area contributed by atoms with Crippen LogP contribution in [-0.2, 0) is 0 Å². The highest BCUT2D eigenvalue weighted by molar-refractivity contribution is 5.82. The summed E-state index contributed by atoms with van der Waals surface area (Å²) in [5.74, 6) is 2.21. The number of ether oxygens (including phenoxy) is 2. The maximum absolute atomic E-state index is 5.34. The Morgan fingerprint density at radius 3 is 2.91 bits per heavy atom. The molecule has 1 aliphatic heterocycles. The zero-order valence-electron chi connectivity index (χ0n) is 11.7. The number of fused-ring (bicyclic) bond motifs is 2. The van der Waals surface area contributed by atoms with E-state index in [4.69, 9.17) is 9.47 Å². The molecular formula is C17H13N3O2. The van der Waals surface area contributed by atoms with E-state index in [-0.39, 0.29) is 6.79 Å². The minimum atomic E-state index is 0.273. The molecule has 0 spiro atoms. The Hall–Kier alpha value is -3.08. The number of hydrogen-bond donors (Lipinski definition) is 1. The van der Waals surface area contributed by atoms with Crippen LogP contribution in [0, 0.1) is 0 Å². The Morgan fingerprint density at radius 2 is 1.91 bits per heavy atom. The number of hydrogen-bond acceptors (Lipinski definition) is 5. The average Bonchev–Trinajstić information content (AvgIpc) is 3.02. The van der Waals surface area contributed by atoms with Crippen molar-refractivity contribution in [1.29, 1.82) is 0 Å². The molecule has 0 bridgehead atoms. The molecule has 2 aromatic carbocycles. The number of para-hydroxylation sites is 1. The molecule has 1 aliphatic rings. The summed E-state index contributed by atoms with van der Waals surface area (Å²) < 4.78 is 10.6. The summed E-state index contributed by atoms with van der Waals surface area (Å²) in [7, 11) is 0. The lowest BCUT2D eigenvalue weighted by Crippen LogP contribution is -1.94. The van der Waals surface area contributed by atoms with Gasteiger partial charge in [0, 0.05) is 5.39 Å². The molecule has 3 aromatic rings. The minimum Gasteiger partial charge on any atom is -0.454 e. The van der Waals surface area contributed by atoms with Crippen LogP contribution in [0.2, 0.25) is 0 Å². The first-order valence-corrected chi connectivity index (χ1v) is 6.93. The van der Waals surface area contributed by atoms with Crippen molar-refractivity contribution in [3.63, 3.8) is 0 Å². The largest absolute Gasteiger partial charge is 0.454 e. The number of rotatable bonds is 3. The Morgan fingerprint density at radius 1 is 1.00 bits per heavy atom. The molecule has 5 heteroatoms. The fourth-order valence-electron chi connectivity index (χ4n) is 2.29. The van der Waals surface area contributed by atoms with E-state index in [1.807, 2.05) is 54.6 Å². The van der Waals surface area contributed by atoms with Crippen LogP contribution in [0.1, 0.15) is 5.56 Å². The van der Waals surface area contributed by atoms with Gasteiger partial charge in [-0.05, 0) is 42.0 Å². The number of anilines is 1. The number of nitrogens with one attached hydrogen (secondary N) is 1. The Labute approximate surface area is 127 Å². The van der Waals surface area contributed by atoms with Crippen LogP contribution in [0.4, 0.5) is 5.82 Å². The molecule has 0 amide bonds. The first-order chi connectivity index (χ1) is 10.9. The highest BCUT2D eigenvalue weighted by Crippen LogP contribution is 2.31. The van der Waals surface area contributed by atoms with Crippen LogP contribution < -0.4 is 14.9 Å². The van der Waals surface area contributed by atoms with E-state index < -0.39 is 0 Å². The van der Waals surface area contributed by atoms with Crippen molar-refractivity contribution in [2.45, 2.75) is 0 Å². The molecule has 0 unspecified atom stereocenters.